The molecule has 0 unspecified atom stereocenters. The molecule has 0 saturated heterocycles. The number of ether oxygens (including phenoxy) is 1. The molecule has 0 amide bonds. The first-order valence-electron chi connectivity index (χ1n) is 5.31. The summed E-state index contributed by atoms with van der Waals surface area (Å²) >= 11 is 6.01. The van der Waals surface area contributed by atoms with Gasteiger partial charge in [-0.05, 0) is 23.8 Å². The Hall–Kier alpha value is -2.00. The largest absolute Gasteiger partial charge is 0.496 e. The van der Waals surface area contributed by atoms with Gasteiger partial charge in [-0.15, -0.1) is 0 Å². The summed E-state index contributed by atoms with van der Waals surface area (Å²) in [5.41, 5.74) is 0.401. The van der Waals surface area contributed by atoms with Crippen molar-refractivity contribution in [2.45, 2.75) is 0 Å². The van der Waals surface area contributed by atoms with Crippen LogP contribution in [0.15, 0.2) is 45.6 Å². The van der Waals surface area contributed by atoms with Crippen LogP contribution in [0.2, 0.25) is 5.02 Å². The number of rotatable bonds is 3. The summed E-state index contributed by atoms with van der Waals surface area (Å²) in [6.07, 6.45) is 3.45. The second-order valence-corrected chi connectivity index (χ2v) is 3.98. The van der Waals surface area contributed by atoms with E-state index < -0.39 is 5.63 Å². The Bertz CT molecular complexity index is 629. The summed E-state index contributed by atoms with van der Waals surface area (Å²) < 4.78 is 10.0. The molecule has 0 bridgehead atoms. The number of halogens is 1. The van der Waals surface area contributed by atoms with Gasteiger partial charge in [-0.3, -0.25) is 0 Å². The van der Waals surface area contributed by atoms with Crippen molar-refractivity contribution < 1.29 is 9.15 Å². The standard InChI is InChI=1S/C14H11ClO3/c1-17-12-8-11(18-14(16)9-12)7-6-10-4-2-3-5-13(10)15/h2-9H,1H3/b7-6+. The lowest BCUT2D eigenvalue weighted by Crippen LogP contribution is -1.98. The van der Waals surface area contributed by atoms with E-state index in [1.54, 1.807) is 24.3 Å². The zero-order valence-electron chi connectivity index (χ0n) is 9.72. The first-order valence-corrected chi connectivity index (χ1v) is 5.68. The van der Waals surface area contributed by atoms with E-state index in [0.29, 0.717) is 16.5 Å². The van der Waals surface area contributed by atoms with Gasteiger partial charge in [0.1, 0.15) is 11.5 Å². The van der Waals surface area contributed by atoms with Gasteiger partial charge in [0.25, 0.3) is 0 Å². The van der Waals surface area contributed by atoms with Crippen LogP contribution in [0.5, 0.6) is 5.75 Å². The van der Waals surface area contributed by atoms with Gasteiger partial charge in [-0.1, -0.05) is 29.8 Å². The second-order valence-electron chi connectivity index (χ2n) is 3.57. The molecule has 0 fully saturated rings. The lowest BCUT2D eigenvalue weighted by molar-refractivity contribution is 0.400. The molecule has 2 aromatic rings. The molecule has 0 spiro atoms. The van der Waals surface area contributed by atoms with Gasteiger partial charge in [-0.2, -0.15) is 0 Å². The molecule has 1 heterocycles. The van der Waals surface area contributed by atoms with Crippen molar-refractivity contribution in [3.8, 4) is 5.75 Å². The molecule has 0 aliphatic rings. The first-order chi connectivity index (χ1) is 8.69. The van der Waals surface area contributed by atoms with Gasteiger partial charge in [0.2, 0.25) is 0 Å². The topological polar surface area (TPSA) is 39.4 Å². The molecule has 1 aromatic carbocycles. The van der Waals surface area contributed by atoms with Crippen molar-refractivity contribution in [1.29, 1.82) is 0 Å². The average molecular weight is 263 g/mol. The van der Waals surface area contributed by atoms with E-state index in [1.807, 2.05) is 18.2 Å². The predicted molar refractivity (Wildman–Crippen MR) is 71.9 cm³/mol. The lowest BCUT2D eigenvalue weighted by Gasteiger charge is -1.99. The Balaban J connectivity index is 2.32. The Kier molecular flexibility index (Phi) is 3.85. The number of methoxy groups -OCH3 is 1. The molecule has 2 rings (SSSR count). The van der Waals surface area contributed by atoms with Gasteiger partial charge < -0.3 is 9.15 Å². The van der Waals surface area contributed by atoms with Crippen molar-refractivity contribution in [2.75, 3.05) is 7.11 Å². The summed E-state index contributed by atoms with van der Waals surface area (Å²) in [5, 5.41) is 0.638. The van der Waals surface area contributed by atoms with Crippen molar-refractivity contribution in [1.82, 2.24) is 0 Å². The highest BCUT2D eigenvalue weighted by atomic mass is 35.5. The molecule has 3 nitrogen and oxygen atoms in total. The van der Waals surface area contributed by atoms with Crippen LogP contribution in [-0.4, -0.2) is 7.11 Å². The molecular formula is C14H11ClO3. The number of hydrogen-bond acceptors (Lipinski definition) is 3. The van der Waals surface area contributed by atoms with Gasteiger partial charge in [0.05, 0.1) is 13.2 Å². The summed E-state index contributed by atoms with van der Waals surface area (Å²) in [5.74, 6) is 0.879. The summed E-state index contributed by atoms with van der Waals surface area (Å²) in [4.78, 5) is 11.2. The van der Waals surface area contributed by atoms with E-state index in [-0.39, 0.29) is 0 Å². The molecule has 18 heavy (non-hydrogen) atoms. The molecule has 4 heteroatoms. The summed E-state index contributed by atoms with van der Waals surface area (Å²) in [6.45, 7) is 0. The van der Waals surface area contributed by atoms with E-state index in [2.05, 4.69) is 0 Å². The average Bonchev–Trinajstić information content (AvgIpc) is 2.37. The predicted octanol–water partition coefficient (Wildman–Crippen LogP) is 3.47. The fraction of sp³-hybridized carbons (Fsp3) is 0.0714. The number of hydrogen-bond donors (Lipinski definition) is 0. The highest BCUT2D eigenvalue weighted by molar-refractivity contribution is 6.32. The SMILES string of the molecule is COc1cc(/C=C/c2ccccc2Cl)oc(=O)c1. The number of benzene rings is 1. The third-order valence-corrected chi connectivity index (χ3v) is 2.68. The van der Waals surface area contributed by atoms with E-state index >= 15 is 0 Å². The van der Waals surface area contributed by atoms with Gasteiger partial charge in [0.15, 0.2) is 0 Å². The fourth-order valence-electron chi connectivity index (χ4n) is 1.46. The quantitative estimate of drug-likeness (QED) is 0.850. The summed E-state index contributed by atoms with van der Waals surface area (Å²) in [7, 11) is 1.50. The Morgan fingerprint density at radius 1 is 1.22 bits per heavy atom. The smallest absolute Gasteiger partial charge is 0.339 e. The van der Waals surface area contributed by atoms with Crippen LogP contribution >= 0.6 is 11.6 Å². The molecule has 0 saturated carbocycles. The third kappa shape index (κ3) is 3.02. The summed E-state index contributed by atoms with van der Waals surface area (Å²) in [6, 6.07) is 10.3. The first kappa shape index (κ1) is 12.5. The fourth-order valence-corrected chi connectivity index (χ4v) is 1.65. The van der Waals surface area contributed by atoms with Gasteiger partial charge >= 0.3 is 5.63 Å². The Morgan fingerprint density at radius 2 is 2.00 bits per heavy atom. The van der Waals surface area contributed by atoms with Crippen LogP contribution in [0, 0.1) is 0 Å². The Labute approximate surface area is 109 Å². The Morgan fingerprint density at radius 3 is 2.72 bits per heavy atom. The van der Waals surface area contributed by atoms with Crippen LogP contribution in [0.4, 0.5) is 0 Å². The molecule has 0 aliphatic carbocycles. The molecule has 0 radical (unpaired) electrons. The maximum Gasteiger partial charge on any atom is 0.339 e. The highest BCUT2D eigenvalue weighted by Crippen LogP contribution is 2.18. The van der Waals surface area contributed by atoms with Crippen molar-refractivity contribution in [2.24, 2.45) is 0 Å². The van der Waals surface area contributed by atoms with Crippen molar-refractivity contribution in [3.63, 3.8) is 0 Å². The monoisotopic (exact) mass is 262 g/mol. The lowest BCUT2D eigenvalue weighted by atomic mass is 10.2. The maximum atomic E-state index is 11.2. The van der Waals surface area contributed by atoms with E-state index in [0.717, 1.165) is 5.56 Å². The second kappa shape index (κ2) is 5.56. The van der Waals surface area contributed by atoms with Crippen molar-refractivity contribution in [3.05, 3.63) is 63.2 Å². The van der Waals surface area contributed by atoms with Crippen LogP contribution in [0.3, 0.4) is 0 Å². The molecule has 0 atom stereocenters. The van der Waals surface area contributed by atoms with Crippen LogP contribution < -0.4 is 10.4 Å². The minimum atomic E-state index is -0.451. The molecule has 92 valence electrons. The minimum absolute atomic E-state index is 0.416. The van der Waals surface area contributed by atoms with Crippen molar-refractivity contribution >= 4 is 23.8 Å². The normalized spacial score (nSPS) is 10.8. The zero-order chi connectivity index (χ0) is 13.0. The van der Waals surface area contributed by atoms with Crippen LogP contribution in [-0.2, 0) is 0 Å². The van der Waals surface area contributed by atoms with Crippen LogP contribution in [0.1, 0.15) is 11.3 Å². The molecular weight excluding hydrogens is 252 g/mol. The van der Waals surface area contributed by atoms with E-state index in [1.165, 1.54) is 13.2 Å². The third-order valence-electron chi connectivity index (χ3n) is 2.33. The van der Waals surface area contributed by atoms with E-state index in [9.17, 15) is 4.79 Å². The van der Waals surface area contributed by atoms with Gasteiger partial charge in [0, 0.05) is 11.1 Å². The zero-order valence-corrected chi connectivity index (χ0v) is 10.5. The minimum Gasteiger partial charge on any atom is -0.496 e. The molecule has 1 aromatic heterocycles. The van der Waals surface area contributed by atoms with Gasteiger partial charge in [-0.25, -0.2) is 4.79 Å². The highest BCUT2D eigenvalue weighted by Gasteiger charge is 1.99. The maximum absolute atomic E-state index is 11.2. The molecule has 0 aliphatic heterocycles. The van der Waals surface area contributed by atoms with Crippen LogP contribution in [0.25, 0.3) is 12.2 Å². The molecule has 0 N–H and O–H groups in total. The van der Waals surface area contributed by atoms with E-state index in [4.69, 9.17) is 20.8 Å².